The van der Waals surface area contributed by atoms with Crippen molar-refractivity contribution in [2.45, 2.75) is 36.7 Å². The Balaban J connectivity index is 1.52. The van der Waals surface area contributed by atoms with Crippen LogP contribution in [0.5, 0.6) is 11.5 Å². The minimum absolute atomic E-state index is 0.0348. The maximum Gasteiger partial charge on any atom is 0.243 e. The third-order valence-electron chi connectivity index (χ3n) is 6.80. The van der Waals surface area contributed by atoms with Gasteiger partial charge in [-0.25, -0.2) is 22.8 Å². The van der Waals surface area contributed by atoms with Gasteiger partial charge in [0.05, 0.1) is 32.7 Å². The predicted octanol–water partition coefficient (Wildman–Crippen LogP) is 2.10. The number of benzene rings is 1. The van der Waals surface area contributed by atoms with Gasteiger partial charge in [0.25, 0.3) is 0 Å². The molecule has 0 radical (unpaired) electrons. The highest BCUT2D eigenvalue weighted by molar-refractivity contribution is 7.93. The van der Waals surface area contributed by atoms with Crippen LogP contribution in [0.15, 0.2) is 30.6 Å². The molecule has 15 heteroatoms. The predicted molar refractivity (Wildman–Crippen MR) is 138 cm³/mol. The van der Waals surface area contributed by atoms with Gasteiger partial charge in [-0.1, -0.05) is 6.07 Å². The normalized spacial score (nSPS) is 21.6. The number of hydrogen-bond donors (Lipinski definition) is 1. The number of anilines is 2. The van der Waals surface area contributed by atoms with Crippen molar-refractivity contribution in [2.24, 2.45) is 0 Å². The summed E-state index contributed by atoms with van der Waals surface area (Å²) in [7, 11) is 0.476. The van der Waals surface area contributed by atoms with E-state index in [0.29, 0.717) is 42.6 Å². The second kappa shape index (κ2) is 11.3. The molecule has 0 saturated carbocycles. The number of halogens is 1. The topological polar surface area (TPSA) is 143 Å². The van der Waals surface area contributed by atoms with Crippen molar-refractivity contribution in [2.75, 3.05) is 50.6 Å². The third-order valence-corrected chi connectivity index (χ3v) is 8.49. The molecule has 2 aliphatic rings. The standard InChI is InChI=1S/C24H30FN7O6S/c1-35-16-10-17(14-31(13-16)23-26-11-15(25)12-27-23)39(33,34)30-24-29-28-22(20-8-5-9-38-20)32(24)21-18(36-2)6-4-7-19(21)37-3/h4,6-7,11-12,16-17,20H,5,8-10,13-14H2,1-3H3,(H,29,30)/t16-,17+,20+/m0/s1. The van der Waals surface area contributed by atoms with Crippen LogP contribution in [-0.4, -0.2) is 85.5 Å². The van der Waals surface area contributed by atoms with Gasteiger partial charge in [-0.2, -0.15) is 0 Å². The van der Waals surface area contributed by atoms with Crippen molar-refractivity contribution in [1.82, 2.24) is 24.7 Å². The van der Waals surface area contributed by atoms with Gasteiger partial charge in [0.1, 0.15) is 28.5 Å². The largest absolute Gasteiger partial charge is 0.494 e. The summed E-state index contributed by atoms with van der Waals surface area (Å²) in [5, 5.41) is 7.60. The fraction of sp³-hybridized carbons (Fsp3) is 0.500. The van der Waals surface area contributed by atoms with Crippen LogP contribution < -0.4 is 19.1 Å². The summed E-state index contributed by atoms with van der Waals surface area (Å²) in [4.78, 5) is 9.68. The van der Waals surface area contributed by atoms with Gasteiger partial charge in [0, 0.05) is 26.8 Å². The van der Waals surface area contributed by atoms with Crippen LogP contribution in [-0.2, 0) is 19.5 Å². The van der Waals surface area contributed by atoms with Gasteiger partial charge < -0.3 is 23.8 Å². The van der Waals surface area contributed by atoms with E-state index < -0.39 is 27.2 Å². The molecule has 0 aliphatic carbocycles. The van der Waals surface area contributed by atoms with Crippen molar-refractivity contribution >= 4 is 21.9 Å². The molecule has 3 atom stereocenters. The number of sulfonamides is 1. The van der Waals surface area contributed by atoms with Crippen molar-refractivity contribution in [3.63, 3.8) is 0 Å². The first-order valence-corrected chi connectivity index (χ1v) is 13.9. The molecule has 2 aliphatic heterocycles. The molecule has 39 heavy (non-hydrogen) atoms. The van der Waals surface area contributed by atoms with Crippen LogP contribution in [0, 0.1) is 5.82 Å². The summed E-state index contributed by atoms with van der Waals surface area (Å²) in [6, 6.07) is 5.24. The first kappa shape index (κ1) is 27.0. The molecule has 13 nitrogen and oxygen atoms in total. The fourth-order valence-corrected chi connectivity index (χ4v) is 6.27. The molecule has 0 bridgehead atoms. The number of nitrogens with zero attached hydrogens (tertiary/aromatic N) is 6. The minimum atomic E-state index is -4.06. The van der Waals surface area contributed by atoms with Crippen molar-refractivity contribution in [3.05, 3.63) is 42.2 Å². The Morgan fingerprint density at radius 2 is 1.79 bits per heavy atom. The molecule has 1 N–H and O–H groups in total. The molecule has 1 aromatic carbocycles. The zero-order chi connectivity index (χ0) is 27.6. The van der Waals surface area contributed by atoms with Crippen molar-refractivity contribution in [3.8, 4) is 17.2 Å². The van der Waals surface area contributed by atoms with Crippen LogP contribution in [0.3, 0.4) is 0 Å². The van der Waals surface area contributed by atoms with E-state index in [9.17, 15) is 12.8 Å². The van der Waals surface area contributed by atoms with E-state index in [1.54, 1.807) is 27.7 Å². The van der Waals surface area contributed by atoms with Gasteiger partial charge >= 0.3 is 0 Å². The molecular formula is C24H30FN7O6S. The number of rotatable bonds is 9. The molecule has 0 spiro atoms. The van der Waals surface area contributed by atoms with E-state index in [0.717, 1.165) is 18.8 Å². The molecule has 210 valence electrons. The SMILES string of the molecule is COc1cccc(OC)c1-n1c(NS(=O)(=O)[C@@H]2C[C@H](OC)CN(c3ncc(F)cn3)C2)nnc1[C@H]1CCCO1. The lowest BCUT2D eigenvalue weighted by atomic mass is 10.1. The Morgan fingerprint density at radius 1 is 1.08 bits per heavy atom. The molecular weight excluding hydrogens is 533 g/mol. The highest BCUT2D eigenvalue weighted by Gasteiger charge is 2.38. The molecule has 0 amide bonds. The van der Waals surface area contributed by atoms with Crippen LogP contribution in [0.4, 0.5) is 16.3 Å². The monoisotopic (exact) mass is 563 g/mol. The first-order chi connectivity index (χ1) is 18.8. The van der Waals surface area contributed by atoms with Crippen LogP contribution >= 0.6 is 0 Å². The van der Waals surface area contributed by atoms with Crippen LogP contribution in [0.25, 0.3) is 5.69 Å². The number of hydrogen-bond acceptors (Lipinski definition) is 11. The summed E-state index contributed by atoms with van der Waals surface area (Å²) in [5.74, 6) is 0.885. The zero-order valence-corrected chi connectivity index (χ0v) is 22.6. The summed E-state index contributed by atoms with van der Waals surface area (Å²) >= 11 is 0. The number of methoxy groups -OCH3 is 3. The summed E-state index contributed by atoms with van der Waals surface area (Å²) < 4.78 is 67.8. The van der Waals surface area contributed by atoms with E-state index in [4.69, 9.17) is 18.9 Å². The zero-order valence-electron chi connectivity index (χ0n) is 21.8. The van der Waals surface area contributed by atoms with Gasteiger partial charge in [-0.3, -0.25) is 9.29 Å². The average Bonchev–Trinajstić information content (AvgIpc) is 3.62. The second-order valence-electron chi connectivity index (χ2n) is 9.20. The molecule has 2 saturated heterocycles. The molecule has 0 unspecified atom stereocenters. The van der Waals surface area contributed by atoms with E-state index in [1.807, 2.05) is 0 Å². The molecule has 3 aromatic rings. The number of piperidine rings is 1. The molecule has 5 rings (SSSR count). The summed E-state index contributed by atoms with van der Waals surface area (Å²) in [6.07, 6.45) is 3.02. The summed E-state index contributed by atoms with van der Waals surface area (Å²) in [5.41, 5.74) is 0.440. The van der Waals surface area contributed by atoms with Crippen molar-refractivity contribution < 1.29 is 31.8 Å². The lowest BCUT2D eigenvalue weighted by molar-refractivity contribution is 0.0898. The maximum absolute atomic E-state index is 13.8. The lowest BCUT2D eigenvalue weighted by Gasteiger charge is -2.36. The number of aromatic nitrogens is 5. The maximum atomic E-state index is 13.8. The van der Waals surface area contributed by atoms with E-state index in [2.05, 4.69) is 24.9 Å². The van der Waals surface area contributed by atoms with Crippen molar-refractivity contribution in [1.29, 1.82) is 0 Å². The van der Waals surface area contributed by atoms with Crippen LogP contribution in [0.1, 0.15) is 31.2 Å². The third kappa shape index (κ3) is 5.46. The number of nitrogens with one attached hydrogen (secondary N) is 1. The smallest absolute Gasteiger partial charge is 0.243 e. The van der Waals surface area contributed by atoms with Crippen LogP contribution in [0.2, 0.25) is 0 Å². The Hall–Kier alpha value is -3.56. The fourth-order valence-electron chi connectivity index (χ4n) is 4.87. The summed E-state index contributed by atoms with van der Waals surface area (Å²) in [6.45, 7) is 0.973. The quantitative estimate of drug-likeness (QED) is 0.409. The van der Waals surface area contributed by atoms with E-state index in [1.165, 1.54) is 21.3 Å². The highest BCUT2D eigenvalue weighted by Crippen LogP contribution is 2.39. The van der Waals surface area contributed by atoms with Gasteiger partial charge in [0.15, 0.2) is 11.6 Å². The van der Waals surface area contributed by atoms with Gasteiger partial charge in [-0.05, 0) is 31.4 Å². The molecule has 4 heterocycles. The average molecular weight is 564 g/mol. The second-order valence-corrected chi connectivity index (χ2v) is 11.2. The highest BCUT2D eigenvalue weighted by atomic mass is 32.2. The van der Waals surface area contributed by atoms with Gasteiger partial charge in [-0.15, -0.1) is 10.2 Å². The Labute approximate surface area is 225 Å². The Bertz CT molecular complexity index is 1380. The number of para-hydroxylation sites is 1. The number of ether oxygens (including phenoxy) is 4. The van der Waals surface area contributed by atoms with Gasteiger partial charge in [0.2, 0.25) is 21.9 Å². The Morgan fingerprint density at radius 3 is 2.41 bits per heavy atom. The molecule has 2 aromatic heterocycles. The van der Waals surface area contributed by atoms with E-state index in [-0.39, 0.29) is 31.0 Å². The Kier molecular flexibility index (Phi) is 7.81. The minimum Gasteiger partial charge on any atom is -0.494 e. The van der Waals surface area contributed by atoms with E-state index >= 15 is 0 Å². The lowest BCUT2D eigenvalue weighted by Crippen LogP contribution is -2.51. The first-order valence-electron chi connectivity index (χ1n) is 12.4. The molecule has 2 fully saturated rings.